The Balaban J connectivity index is 0.000000227. The van der Waals surface area contributed by atoms with Crippen LogP contribution in [-0.4, -0.2) is 23.7 Å². The quantitative estimate of drug-likeness (QED) is 0.442. The molecule has 2 fully saturated rings. The number of nitriles is 1. The summed E-state index contributed by atoms with van der Waals surface area (Å²) in [6.07, 6.45) is 10.9. The Bertz CT molecular complexity index is 964. The van der Waals surface area contributed by atoms with Gasteiger partial charge in [-0.15, -0.1) is 0 Å². The average molecular weight is 476 g/mol. The molecule has 0 spiro atoms. The number of aliphatic hydroxyl groups excluding tert-OH is 1. The first-order chi connectivity index (χ1) is 16.9. The molecule has 0 radical (unpaired) electrons. The smallest absolute Gasteiger partial charge is 0.204 e. The number of carbonyl (C=O) groups excluding carboxylic acids is 1. The summed E-state index contributed by atoms with van der Waals surface area (Å²) in [6.45, 7) is 8.18. The van der Waals surface area contributed by atoms with Crippen LogP contribution in [0.25, 0.3) is 5.57 Å². The van der Waals surface area contributed by atoms with E-state index in [1.54, 1.807) is 0 Å². The topological polar surface area (TPSA) is 99.1 Å². The van der Waals surface area contributed by atoms with Crippen molar-refractivity contribution in [1.29, 1.82) is 5.26 Å². The Kier molecular flexibility index (Phi) is 12.1. The monoisotopic (exact) mass is 475 g/mol. The molecule has 188 valence electrons. The molecule has 0 atom stereocenters. The number of allylic oxidation sites excluding steroid dienone is 1. The lowest BCUT2D eigenvalue weighted by atomic mass is 9.84. The molecule has 1 amide bonds. The lowest BCUT2D eigenvalue weighted by molar-refractivity contribution is -0.106. The molecule has 2 saturated carbocycles. The van der Waals surface area contributed by atoms with Crippen molar-refractivity contribution in [1.82, 2.24) is 0 Å². The molecule has 4 rings (SSSR count). The predicted molar refractivity (Wildman–Crippen MR) is 145 cm³/mol. The minimum absolute atomic E-state index is 0.0907. The second-order valence-electron chi connectivity index (χ2n) is 9.66. The normalized spacial score (nSPS) is 19.6. The number of amides is 1. The molecule has 2 aliphatic rings. The molecule has 2 aliphatic carbocycles. The first-order valence-electron chi connectivity index (χ1n) is 12.7. The maximum atomic E-state index is 9.51. The van der Waals surface area contributed by atoms with Crippen molar-refractivity contribution < 1.29 is 9.90 Å². The number of aryl methyl sites for hydroxylation is 1. The number of nitrogens with one attached hydrogen (secondary N) is 1. The second kappa shape index (κ2) is 15.0. The minimum atomic E-state index is -0.0907. The number of aliphatic hydroxyl groups is 1. The van der Waals surface area contributed by atoms with Crippen LogP contribution in [0.1, 0.15) is 92.9 Å². The van der Waals surface area contributed by atoms with E-state index in [2.05, 4.69) is 61.0 Å². The maximum Gasteiger partial charge on any atom is 0.204 e. The molecule has 0 aliphatic heterocycles. The van der Waals surface area contributed by atoms with Gasteiger partial charge in [-0.05, 0) is 99.2 Å². The molecule has 4 N–H and O–H groups in total. The van der Waals surface area contributed by atoms with E-state index in [4.69, 9.17) is 10.1 Å². The number of benzene rings is 2. The van der Waals surface area contributed by atoms with Crippen molar-refractivity contribution in [2.24, 2.45) is 5.73 Å². The van der Waals surface area contributed by atoms with Crippen LogP contribution in [0.2, 0.25) is 0 Å². The van der Waals surface area contributed by atoms with E-state index < -0.39 is 0 Å². The van der Waals surface area contributed by atoms with Crippen molar-refractivity contribution in [3.63, 3.8) is 0 Å². The predicted octanol–water partition coefficient (Wildman–Crippen LogP) is 6.45. The first kappa shape index (κ1) is 28.1. The van der Waals surface area contributed by atoms with E-state index in [-0.39, 0.29) is 12.5 Å². The van der Waals surface area contributed by atoms with Crippen LogP contribution in [-0.2, 0) is 4.79 Å². The molecule has 5 nitrogen and oxygen atoms in total. The highest BCUT2D eigenvalue weighted by atomic mass is 16.3. The Morgan fingerprint density at radius 3 is 2.20 bits per heavy atom. The summed E-state index contributed by atoms with van der Waals surface area (Å²) in [7, 11) is 0. The highest BCUT2D eigenvalue weighted by molar-refractivity contribution is 5.68. The zero-order valence-corrected chi connectivity index (χ0v) is 21.3. The van der Waals surface area contributed by atoms with Gasteiger partial charge in [0, 0.05) is 11.7 Å². The highest BCUT2D eigenvalue weighted by Gasteiger charge is 2.19. The van der Waals surface area contributed by atoms with E-state index in [1.165, 1.54) is 54.5 Å². The lowest BCUT2D eigenvalue weighted by Crippen LogP contribution is -2.28. The second-order valence-corrected chi connectivity index (χ2v) is 9.66. The summed E-state index contributed by atoms with van der Waals surface area (Å²) in [5, 5.41) is 21.8. The van der Waals surface area contributed by atoms with Gasteiger partial charge in [-0.25, -0.2) is 0 Å². The Labute approximate surface area is 211 Å². The average Bonchev–Trinajstić information content (AvgIpc) is 2.88. The van der Waals surface area contributed by atoms with Crippen molar-refractivity contribution >= 4 is 17.7 Å². The number of nitrogens with two attached hydrogens (primary N) is 1. The van der Waals surface area contributed by atoms with Gasteiger partial charge < -0.3 is 16.2 Å². The van der Waals surface area contributed by atoms with Gasteiger partial charge in [0.25, 0.3) is 0 Å². The summed E-state index contributed by atoms with van der Waals surface area (Å²) in [5.74, 6) is 0.747. The van der Waals surface area contributed by atoms with Gasteiger partial charge in [0.05, 0.1) is 17.7 Å². The molecular formula is C30H41N3O2. The van der Waals surface area contributed by atoms with Crippen LogP contribution in [0, 0.1) is 18.3 Å². The van der Waals surface area contributed by atoms with Crippen LogP contribution >= 0.6 is 0 Å². The fourth-order valence-electron chi connectivity index (χ4n) is 4.89. The largest absolute Gasteiger partial charge is 0.393 e. The number of rotatable bonds is 4. The van der Waals surface area contributed by atoms with Crippen molar-refractivity contribution in [3.05, 3.63) is 71.3 Å². The van der Waals surface area contributed by atoms with E-state index in [0.29, 0.717) is 6.04 Å². The maximum absolute atomic E-state index is 9.51. The van der Waals surface area contributed by atoms with Crippen LogP contribution < -0.4 is 11.1 Å². The first-order valence-corrected chi connectivity index (χ1v) is 12.7. The molecule has 2 aromatic rings. The Morgan fingerprint density at radius 1 is 1.06 bits per heavy atom. The Hall–Kier alpha value is -3.10. The van der Waals surface area contributed by atoms with Gasteiger partial charge in [0.15, 0.2) is 0 Å². The molecule has 0 saturated heterocycles. The summed E-state index contributed by atoms with van der Waals surface area (Å²) >= 11 is 0. The minimum Gasteiger partial charge on any atom is -0.393 e. The van der Waals surface area contributed by atoms with Gasteiger partial charge >= 0.3 is 0 Å². The summed E-state index contributed by atoms with van der Waals surface area (Å²) in [6, 6.07) is 17.2. The van der Waals surface area contributed by atoms with E-state index >= 15 is 0 Å². The molecular weight excluding hydrogens is 434 g/mol. The molecule has 2 aromatic carbocycles. The van der Waals surface area contributed by atoms with Crippen molar-refractivity contribution in [3.8, 4) is 6.07 Å². The number of carbonyl (C=O) groups is 1. The van der Waals surface area contributed by atoms with Crippen LogP contribution in [0.5, 0.6) is 0 Å². The van der Waals surface area contributed by atoms with Crippen molar-refractivity contribution in [2.75, 3.05) is 5.32 Å². The number of hydrogen-bond acceptors (Lipinski definition) is 4. The summed E-state index contributed by atoms with van der Waals surface area (Å²) in [5.41, 5.74) is 11.1. The van der Waals surface area contributed by atoms with Gasteiger partial charge in [0.1, 0.15) is 0 Å². The van der Waals surface area contributed by atoms with Crippen LogP contribution in [0.4, 0.5) is 5.69 Å². The molecule has 5 heteroatoms. The van der Waals surface area contributed by atoms with E-state index in [0.717, 1.165) is 42.7 Å². The number of primary amides is 1. The molecule has 0 heterocycles. The third kappa shape index (κ3) is 9.58. The molecule has 0 unspecified atom stereocenters. The van der Waals surface area contributed by atoms with E-state index in [1.807, 2.05) is 19.1 Å². The third-order valence-corrected chi connectivity index (χ3v) is 6.88. The van der Waals surface area contributed by atoms with Crippen LogP contribution in [0.15, 0.2) is 49.0 Å². The van der Waals surface area contributed by atoms with Gasteiger partial charge in [-0.2, -0.15) is 5.26 Å². The summed E-state index contributed by atoms with van der Waals surface area (Å²) in [4.78, 5) is 8.58. The van der Waals surface area contributed by atoms with Crippen molar-refractivity contribution in [2.45, 2.75) is 89.7 Å². The SMILES string of the molecule is C=C(C)c1cc(NC2CCC(O)CC2)ccc1C.N#Cc1ccc(C2CCCCC2)cc1.NC=O. The van der Waals surface area contributed by atoms with Gasteiger partial charge in [-0.1, -0.05) is 49.6 Å². The fraction of sp³-hybridized carbons (Fsp3) is 0.467. The lowest BCUT2D eigenvalue weighted by Gasteiger charge is -2.27. The third-order valence-electron chi connectivity index (χ3n) is 6.88. The number of hydrogen-bond donors (Lipinski definition) is 3. The van der Waals surface area contributed by atoms with E-state index in [9.17, 15) is 5.11 Å². The van der Waals surface area contributed by atoms with Crippen LogP contribution in [0.3, 0.4) is 0 Å². The summed E-state index contributed by atoms with van der Waals surface area (Å²) < 4.78 is 0. The molecule has 0 aromatic heterocycles. The number of anilines is 1. The number of nitrogens with zero attached hydrogens (tertiary/aromatic N) is 1. The zero-order valence-electron chi connectivity index (χ0n) is 21.3. The van der Waals surface area contributed by atoms with Gasteiger partial charge in [-0.3, -0.25) is 4.79 Å². The standard InChI is InChI=1S/C16H23NO.C13H15N.CH3NO/c1-11(2)16-10-14(5-4-12(16)3)17-13-6-8-15(18)9-7-13;14-10-11-6-8-13(9-7-11)12-4-2-1-3-5-12;2-1-3/h4-5,10,13,15,17-18H,1,6-9H2,2-3H3;6-9,12H,1-5H2;1H,(H2,2,3). The highest BCUT2D eigenvalue weighted by Crippen LogP contribution is 2.32. The zero-order chi connectivity index (χ0) is 25.6. The van der Waals surface area contributed by atoms with Gasteiger partial charge in [0.2, 0.25) is 6.41 Å². The molecule has 0 bridgehead atoms. The molecule has 35 heavy (non-hydrogen) atoms. The fourth-order valence-corrected chi connectivity index (χ4v) is 4.89. The Morgan fingerprint density at radius 2 is 1.66 bits per heavy atom.